The van der Waals surface area contributed by atoms with E-state index in [0.717, 1.165) is 0 Å². The van der Waals surface area contributed by atoms with Crippen molar-refractivity contribution in [3.63, 3.8) is 0 Å². The Bertz CT molecular complexity index is 530. The summed E-state index contributed by atoms with van der Waals surface area (Å²) in [4.78, 5) is 11.1. The molecule has 0 saturated heterocycles. The number of nitrogens with one attached hydrogen (secondary N) is 2. The third kappa shape index (κ3) is 5.96. The van der Waals surface area contributed by atoms with Crippen molar-refractivity contribution in [3.05, 3.63) is 24.3 Å². The highest BCUT2D eigenvalue weighted by Crippen LogP contribution is 2.14. The Labute approximate surface area is 112 Å². The summed E-state index contributed by atoms with van der Waals surface area (Å²) in [5.41, 5.74) is 6.08. The first-order chi connectivity index (χ1) is 8.93. The van der Waals surface area contributed by atoms with Gasteiger partial charge in [0.05, 0.1) is 0 Å². The van der Waals surface area contributed by atoms with Crippen molar-refractivity contribution in [3.8, 4) is 5.75 Å². The molecule has 0 saturated carbocycles. The number of rotatable bonds is 6. The zero-order chi connectivity index (χ0) is 14.3. The number of nitrogens with two attached hydrogens (primary N) is 1. The molecular formula is C11H17N3O4S. The number of carbonyl (C=O) groups is 1. The van der Waals surface area contributed by atoms with E-state index in [1.54, 1.807) is 31.2 Å². The summed E-state index contributed by atoms with van der Waals surface area (Å²) in [6.07, 6.45) is 0. The fourth-order valence-electron chi connectivity index (χ4n) is 1.26. The number of anilines is 1. The first kappa shape index (κ1) is 15.1. The zero-order valence-electron chi connectivity index (χ0n) is 10.5. The van der Waals surface area contributed by atoms with Crippen LogP contribution in [0.1, 0.15) is 6.92 Å². The predicted octanol–water partition coefficient (Wildman–Crippen LogP) is 0.297. The molecule has 0 aliphatic rings. The zero-order valence-corrected chi connectivity index (χ0v) is 11.4. The van der Waals surface area contributed by atoms with Gasteiger partial charge in [0.15, 0.2) is 0 Å². The number of amides is 2. The molecule has 0 atom stereocenters. The van der Waals surface area contributed by atoms with Crippen LogP contribution in [0.2, 0.25) is 0 Å². The average Bonchev–Trinajstić information content (AvgIpc) is 2.28. The molecule has 106 valence electrons. The monoisotopic (exact) mass is 287 g/mol. The van der Waals surface area contributed by atoms with E-state index < -0.39 is 16.1 Å². The molecule has 0 aliphatic carbocycles. The summed E-state index contributed by atoms with van der Waals surface area (Å²) in [7, 11) is -3.70. The summed E-state index contributed by atoms with van der Waals surface area (Å²) >= 11 is 0. The van der Waals surface area contributed by atoms with Crippen molar-refractivity contribution < 1.29 is 17.9 Å². The molecule has 0 radical (unpaired) electrons. The molecular weight excluding hydrogens is 270 g/mol. The Morgan fingerprint density at radius 2 is 2.16 bits per heavy atom. The molecule has 0 bridgehead atoms. The van der Waals surface area contributed by atoms with Crippen molar-refractivity contribution >= 4 is 21.7 Å². The van der Waals surface area contributed by atoms with Gasteiger partial charge in [-0.25, -0.2) is 17.9 Å². The van der Waals surface area contributed by atoms with Gasteiger partial charge >= 0.3 is 6.03 Å². The maximum Gasteiger partial charge on any atom is 0.328 e. The van der Waals surface area contributed by atoms with Gasteiger partial charge in [0.1, 0.15) is 18.1 Å². The maximum absolute atomic E-state index is 11.5. The maximum atomic E-state index is 11.5. The molecule has 1 aromatic rings. The average molecular weight is 287 g/mol. The number of hydrogen-bond donors (Lipinski definition) is 3. The minimum absolute atomic E-state index is 0.0712. The van der Waals surface area contributed by atoms with Crippen LogP contribution in [-0.2, 0) is 10.0 Å². The van der Waals surface area contributed by atoms with E-state index in [-0.39, 0.29) is 12.4 Å². The molecule has 19 heavy (non-hydrogen) atoms. The minimum Gasteiger partial charge on any atom is -0.492 e. The lowest BCUT2D eigenvalue weighted by Gasteiger charge is -2.09. The van der Waals surface area contributed by atoms with E-state index in [1.165, 1.54) is 0 Å². The number of nitrogen functional groups attached to an aromatic ring is 1. The predicted molar refractivity (Wildman–Crippen MR) is 72.3 cm³/mol. The van der Waals surface area contributed by atoms with Gasteiger partial charge in [-0.3, -0.25) is 0 Å². The van der Waals surface area contributed by atoms with Gasteiger partial charge in [-0.05, 0) is 19.1 Å². The molecule has 0 spiro atoms. The summed E-state index contributed by atoms with van der Waals surface area (Å²) in [5.74, 6) is 0.159. The summed E-state index contributed by atoms with van der Waals surface area (Å²) in [6, 6.07) is 5.91. The molecule has 7 nitrogen and oxygen atoms in total. The summed E-state index contributed by atoms with van der Waals surface area (Å²) in [6.45, 7) is 1.97. The van der Waals surface area contributed by atoms with Crippen LogP contribution in [0.25, 0.3) is 0 Å². The van der Waals surface area contributed by atoms with Crippen molar-refractivity contribution in [2.24, 2.45) is 0 Å². The van der Waals surface area contributed by atoms with Gasteiger partial charge in [0.2, 0.25) is 10.0 Å². The Morgan fingerprint density at radius 1 is 1.42 bits per heavy atom. The van der Waals surface area contributed by atoms with E-state index in [2.05, 4.69) is 5.32 Å². The number of urea groups is 1. The van der Waals surface area contributed by atoms with Crippen LogP contribution >= 0.6 is 0 Å². The highest BCUT2D eigenvalue weighted by Gasteiger charge is 2.13. The van der Waals surface area contributed by atoms with Gasteiger partial charge in [0.25, 0.3) is 0 Å². The normalized spacial score (nSPS) is 10.8. The smallest absolute Gasteiger partial charge is 0.328 e. The van der Waals surface area contributed by atoms with Gasteiger partial charge in [-0.1, -0.05) is 6.07 Å². The molecule has 0 heterocycles. The van der Waals surface area contributed by atoms with Crippen molar-refractivity contribution in [2.75, 3.05) is 24.6 Å². The van der Waals surface area contributed by atoms with Crippen LogP contribution in [-0.4, -0.2) is 33.4 Å². The third-order valence-electron chi connectivity index (χ3n) is 2.06. The van der Waals surface area contributed by atoms with Gasteiger partial charge in [0, 0.05) is 18.3 Å². The second-order valence-corrected chi connectivity index (χ2v) is 5.54. The van der Waals surface area contributed by atoms with E-state index in [9.17, 15) is 13.2 Å². The van der Waals surface area contributed by atoms with Gasteiger partial charge in [-0.15, -0.1) is 0 Å². The Balaban J connectivity index is 2.41. The SMILES string of the molecule is CCNC(=O)NS(=O)(=O)CCOc1cccc(N)c1. The van der Waals surface area contributed by atoms with Crippen LogP contribution < -0.4 is 20.5 Å². The van der Waals surface area contributed by atoms with Crippen LogP contribution in [0.3, 0.4) is 0 Å². The second kappa shape index (κ2) is 6.83. The number of hydrogen-bond acceptors (Lipinski definition) is 5. The molecule has 0 aliphatic heterocycles. The van der Waals surface area contributed by atoms with Crippen molar-refractivity contribution in [1.29, 1.82) is 0 Å². The van der Waals surface area contributed by atoms with Crippen LogP contribution in [0.4, 0.5) is 10.5 Å². The minimum atomic E-state index is -3.70. The highest BCUT2D eigenvalue weighted by atomic mass is 32.2. The largest absolute Gasteiger partial charge is 0.492 e. The Kier molecular flexibility index (Phi) is 5.43. The Morgan fingerprint density at radius 3 is 2.79 bits per heavy atom. The number of benzene rings is 1. The third-order valence-corrected chi connectivity index (χ3v) is 3.26. The molecule has 4 N–H and O–H groups in total. The summed E-state index contributed by atoms with van der Waals surface area (Å²) < 4.78 is 30.1. The van der Waals surface area contributed by atoms with Crippen LogP contribution in [0, 0.1) is 0 Å². The van der Waals surface area contributed by atoms with Gasteiger partial charge in [-0.2, -0.15) is 0 Å². The van der Waals surface area contributed by atoms with Crippen molar-refractivity contribution in [1.82, 2.24) is 10.0 Å². The van der Waals surface area contributed by atoms with Crippen LogP contribution in [0.5, 0.6) is 5.75 Å². The van der Waals surface area contributed by atoms with E-state index >= 15 is 0 Å². The van der Waals surface area contributed by atoms with Crippen LogP contribution in [0.15, 0.2) is 24.3 Å². The fraction of sp³-hybridized carbons (Fsp3) is 0.364. The number of sulfonamides is 1. The Hall–Kier alpha value is -1.96. The summed E-state index contributed by atoms with van der Waals surface area (Å²) in [5, 5.41) is 2.33. The first-order valence-electron chi connectivity index (χ1n) is 5.69. The quantitative estimate of drug-likeness (QED) is 0.652. The van der Waals surface area contributed by atoms with E-state index in [4.69, 9.17) is 10.5 Å². The molecule has 0 aromatic heterocycles. The molecule has 8 heteroatoms. The lowest BCUT2D eigenvalue weighted by molar-refractivity contribution is 0.246. The standard InChI is InChI=1S/C11H17N3O4S/c1-2-13-11(15)14-19(16,17)7-6-18-10-5-3-4-9(12)8-10/h3-5,8H,2,6-7,12H2,1H3,(H2,13,14,15). The fourth-order valence-corrected chi connectivity index (χ4v) is 2.02. The lowest BCUT2D eigenvalue weighted by atomic mass is 10.3. The second-order valence-electron chi connectivity index (χ2n) is 3.70. The molecule has 1 aromatic carbocycles. The lowest BCUT2D eigenvalue weighted by Crippen LogP contribution is -2.41. The first-order valence-corrected chi connectivity index (χ1v) is 7.35. The molecule has 0 unspecified atom stereocenters. The topological polar surface area (TPSA) is 111 Å². The highest BCUT2D eigenvalue weighted by molar-refractivity contribution is 7.90. The van der Waals surface area contributed by atoms with Crippen molar-refractivity contribution in [2.45, 2.75) is 6.92 Å². The molecule has 1 rings (SSSR count). The van der Waals surface area contributed by atoms with E-state index in [1.807, 2.05) is 4.72 Å². The number of carbonyl (C=O) groups excluding carboxylic acids is 1. The van der Waals surface area contributed by atoms with E-state index in [0.29, 0.717) is 18.0 Å². The molecule has 2 amide bonds. The number of ether oxygens (including phenoxy) is 1. The van der Waals surface area contributed by atoms with Gasteiger partial charge < -0.3 is 15.8 Å². The molecule has 0 fully saturated rings.